The first kappa shape index (κ1) is 25.1. The van der Waals surface area contributed by atoms with Crippen molar-refractivity contribution in [2.24, 2.45) is 23.7 Å². The largest absolute Gasteiger partial charge is 0.481 e. The minimum atomic E-state index is -0.978. The molecule has 0 saturated heterocycles. The van der Waals surface area contributed by atoms with Gasteiger partial charge in [0.15, 0.2) is 0 Å². The van der Waals surface area contributed by atoms with Crippen LogP contribution in [0.25, 0.3) is 0 Å². The number of hydrogen-bond donors (Lipinski definition) is 3. The SMILES string of the molecule is CC1=C[C@@H](CNC(=O)CCC(=O)O)[C@H](C(C)C)C[C@H]1CC(=O)NCc1ccc(C#N)cc1. The molecular formula is C25H33N3O4. The summed E-state index contributed by atoms with van der Waals surface area (Å²) in [6.45, 7) is 7.25. The van der Waals surface area contributed by atoms with Gasteiger partial charge in [-0.3, -0.25) is 14.4 Å². The van der Waals surface area contributed by atoms with E-state index in [9.17, 15) is 14.4 Å². The summed E-state index contributed by atoms with van der Waals surface area (Å²) < 4.78 is 0. The third kappa shape index (κ3) is 7.84. The second-order valence-corrected chi connectivity index (χ2v) is 8.90. The molecule has 172 valence electrons. The average Bonchev–Trinajstić information content (AvgIpc) is 2.76. The molecule has 1 aliphatic rings. The third-order valence-corrected chi connectivity index (χ3v) is 6.19. The van der Waals surface area contributed by atoms with E-state index in [1.54, 1.807) is 12.1 Å². The van der Waals surface area contributed by atoms with Crippen LogP contribution >= 0.6 is 0 Å². The Balaban J connectivity index is 1.91. The van der Waals surface area contributed by atoms with Crippen molar-refractivity contribution in [3.8, 4) is 6.07 Å². The van der Waals surface area contributed by atoms with Crippen molar-refractivity contribution in [1.29, 1.82) is 5.26 Å². The smallest absolute Gasteiger partial charge is 0.303 e. The molecule has 7 nitrogen and oxygen atoms in total. The van der Waals surface area contributed by atoms with Crippen LogP contribution in [0.1, 0.15) is 57.6 Å². The molecule has 0 spiro atoms. The summed E-state index contributed by atoms with van der Waals surface area (Å²) in [6.07, 6.45) is 3.28. The lowest BCUT2D eigenvalue weighted by Crippen LogP contribution is -2.37. The number of benzene rings is 1. The highest BCUT2D eigenvalue weighted by atomic mass is 16.4. The number of hydrogen-bond acceptors (Lipinski definition) is 4. The highest BCUT2D eigenvalue weighted by Gasteiger charge is 2.32. The van der Waals surface area contributed by atoms with Crippen LogP contribution in [0.4, 0.5) is 0 Å². The van der Waals surface area contributed by atoms with Gasteiger partial charge in [-0.05, 0) is 54.7 Å². The molecule has 3 atom stereocenters. The molecule has 0 fully saturated rings. The van der Waals surface area contributed by atoms with E-state index < -0.39 is 5.97 Å². The molecule has 1 aliphatic carbocycles. The first-order valence-corrected chi connectivity index (χ1v) is 11.1. The van der Waals surface area contributed by atoms with Crippen LogP contribution in [0, 0.1) is 35.0 Å². The minimum absolute atomic E-state index is 0.00459. The summed E-state index contributed by atoms with van der Waals surface area (Å²) >= 11 is 0. The van der Waals surface area contributed by atoms with E-state index in [0.29, 0.717) is 36.9 Å². The number of rotatable bonds is 10. The lowest BCUT2D eigenvalue weighted by atomic mass is 9.69. The zero-order valence-corrected chi connectivity index (χ0v) is 19.1. The number of nitrogens with zero attached hydrogens (tertiary/aromatic N) is 1. The van der Waals surface area contributed by atoms with Gasteiger partial charge in [0.25, 0.3) is 0 Å². The maximum absolute atomic E-state index is 12.6. The molecule has 0 saturated carbocycles. The molecule has 0 heterocycles. The molecule has 7 heteroatoms. The number of aliphatic carboxylic acids is 1. The van der Waals surface area contributed by atoms with Crippen molar-refractivity contribution in [2.45, 2.75) is 53.0 Å². The lowest BCUT2D eigenvalue weighted by Gasteiger charge is -2.37. The van der Waals surface area contributed by atoms with Crippen molar-refractivity contribution in [3.63, 3.8) is 0 Å². The van der Waals surface area contributed by atoms with Gasteiger partial charge in [-0.1, -0.05) is 37.6 Å². The predicted molar refractivity (Wildman–Crippen MR) is 121 cm³/mol. The average molecular weight is 440 g/mol. The molecule has 2 rings (SSSR count). The van der Waals surface area contributed by atoms with Crippen molar-refractivity contribution < 1.29 is 19.5 Å². The molecule has 0 unspecified atom stereocenters. The zero-order valence-electron chi connectivity index (χ0n) is 19.1. The molecule has 3 N–H and O–H groups in total. The molecule has 32 heavy (non-hydrogen) atoms. The fourth-order valence-corrected chi connectivity index (χ4v) is 4.24. The first-order chi connectivity index (χ1) is 15.2. The summed E-state index contributed by atoms with van der Waals surface area (Å²) in [6, 6.07) is 9.24. The molecule has 0 radical (unpaired) electrons. The van der Waals surface area contributed by atoms with E-state index in [4.69, 9.17) is 10.4 Å². The Morgan fingerprint density at radius 1 is 1.12 bits per heavy atom. The highest BCUT2D eigenvalue weighted by Crippen LogP contribution is 2.38. The predicted octanol–water partition coefficient (Wildman–Crippen LogP) is 3.40. The summed E-state index contributed by atoms with van der Waals surface area (Å²) in [7, 11) is 0. The minimum Gasteiger partial charge on any atom is -0.481 e. The van der Waals surface area contributed by atoms with Gasteiger partial charge in [-0.2, -0.15) is 5.26 Å². The van der Waals surface area contributed by atoms with Gasteiger partial charge in [0, 0.05) is 25.9 Å². The fraction of sp³-hybridized carbons (Fsp3) is 0.520. The van der Waals surface area contributed by atoms with Gasteiger partial charge in [0.2, 0.25) is 11.8 Å². The molecule has 1 aromatic carbocycles. The summed E-state index contributed by atoms with van der Waals surface area (Å²) in [5.74, 6) is -0.183. The monoisotopic (exact) mass is 439 g/mol. The van der Waals surface area contributed by atoms with Crippen LogP contribution < -0.4 is 10.6 Å². The Hall–Kier alpha value is -3.14. The quantitative estimate of drug-likeness (QED) is 0.483. The number of carbonyl (C=O) groups excluding carboxylic acids is 2. The van der Waals surface area contributed by atoms with E-state index in [1.807, 2.05) is 19.1 Å². The maximum Gasteiger partial charge on any atom is 0.303 e. The lowest BCUT2D eigenvalue weighted by molar-refractivity contribution is -0.138. The molecular weight excluding hydrogens is 406 g/mol. The molecule has 1 aromatic rings. The van der Waals surface area contributed by atoms with Crippen LogP contribution in [0.2, 0.25) is 0 Å². The normalized spacial score (nSPS) is 20.2. The van der Waals surface area contributed by atoms with Gasteiger partial charge in [-0.25, -0.2) is 0 Å². The number of nitriles is 1. The van der Waals surface area contributed by atoms with Gasteiger partial charge in [-0.15, -0.1) is 0 Å². The van der Waals surface area contributed by atoms with Gasteiger partial charge in [0.05, 0.1) is 18.1 Å². The molecule has 2 amide bonds. The van der Waals surface area contributed by atoms with E-state index in [2.05, 4.69) is 36.6 Å². The Morgan fingerprint density at radius 2 is 1.81 bits per heavy atom. The van der Waals surface area contributed by atoms with Crippen LogP contribution in [-0.4, -0.2) is 29.4 Å². The Kier molecular flexibility index (Phi) is 9.45. The van der Waals surface area contributed by atoms with E-state index in [1.165, 1.54) is 0 Å². The fourth-order valence-electron chi connectivity index (χ4n) is 4.24. The van der Waals surface area contributed by atoms with E-state index in [-0.39, 0.29) is 36.5 Å². The first-order valence-electron chi connectivity index (χ1n) is 11.1. The summed E-state index contributed by atoms with van der Waals surface area (Å²) in [5.41, 5.74) is 2.70. The van der Waals surface area contributed by atoms with Crippen LogP contribution in [0.3, 0.4) is 0 Å². The molecule has 0 aliphatic heterocycles. The van der Waals surface area contributed by atoms with Gasteiger partial charge < -0.3 is 15.7 Å². The van der Waals surface area contributed by atoms with Crippen molar-refractivity contribution in [3.05, 3.63) is 47.0 Å². The molecule has 0 aromatic heterocycles. The van der Waals surface area contributed by atoms with Crippen molar-refractivity contribution in [2.75, 3.05) is 6.54 Å². The Labute approximate surface area is 189 Å². The molecule has 0 bridgehead atoms. The number of nitrogens with one attached hydrogen (secondary N) is 2. The third-order valence-electron chi connectivity index (χ3n) is 6.19. The number of carbonyl (C=O) groups is 3. The number of amides is 2. The van der Waals surface area contributed by atoms with Gasteiger partial charge >= 0.3 is 5.97 Å². The number of allylic oxidation sites excluding steroid dienone is 1. The second-order valence-electron chi connectivity index (χ2n) is 8.90. The highest BCUT2D eigenvalue weighted by molar-refractivity contribution is 5.80. The van der Waals surface area contributed by atoms with Crippen LogP contribution in [-0.2, 0) is 20.9 Å². The Bertz CT molecular complexity index is 883. The van der Waals surface area contributed by atoms with Gasteiger partial charge in [0.1, 0.15) is 0 Å². The summed E-state index contributed by atoms with van der Waals surface area (Å²) in [4.78, 5) is 35.1. The number of carboxylic acids is 1. The van der Waals surface area contributed by atoms with E-state index >= 15 is 0 Å². The van der Waals surface area contributed by atoms with Crippen molar-refractivity contribution in [1.82, 2.24) is 10.6 Å². The van der Waals surface area contributed by atoms with E-state index in [0.717, 1.165) is 17.6 Å². The maximum atomic E-state index is 12.6. The zero-order chi connectivity index (χ0) is 23.7. The van der Waals surface area contributed by atoms with Crippen LogP contribution in [0.15, 0.2) is 35.9 Å². The topological polar surface area (TPSA) is 119 Å². The second kappa shape index (κ2) is 12.0. The van der Waals surface area contributed by atoms with Crippen molar-refractivity contribution >= 4 is 17.8 Å². The Morgan fingerprint density at radius 3 is 2.41 bits per heavy atom. The van der Waals surface area contributed by atoms with Crippen LogP contribution in [0.5, 0.6) is 0 Å². The summed E-state index contributed by atoms with van der Waals surface area (Å²) in [5, 5.41) is 23.4. The standard InChI is InChI=1S/C25H33N3O4/c1-16(2)22-11-20(12-24(30)27-14-19-6-4-18(13-26)5-7-19)17(3)10-21(22)15-28-23(29)8-9-25(31)32/h4-7,10,16,20-22H,8-9,11-12,14-15H2,1-3H3,(H,27,30)(H,28,29)(H,31,32)/t20-,21-,22-/m0/s1. The number of carboxylic acid groups (broad SMARTS) is 1.